The average molecular weight is 258 g/mol. The molecule has 3 heterocycles. The maximum atomic E-state index is 5.62. The van der Waals surface area contributed by atoms with Crippen LogP contribution in [0.2, 0.25) is 0 Å². The van der Waals surface area contributed by atoms with Crippen molar-refractivity contribution in [3.8, 4) is 0 Å². The molecule has 0 saturated carbocycles. The van der Waals surface area contributed by atoms with E-state index in [-0.39, 0.29) is 0 Å². The predicted molar refractivity (Wildman–Crippen MR) is 76.9 cm³/mol. The molecule has 2 N–H and O–H groups in total. The van der Waals surface area contributed by atoms with E-state index in [9.17, 15) is 0 Å². The predicted octanol–water partition coefficient (Wildman–Crippen LogP) is 2.04. The Morgan fingerprint density at radius 3 is 3.16 bits per heavy atom. The lowest BCUT2D eigenvalue weighted by molar-refractivity contribution is 0.230. The fourth-order valence-electron chi connectivity index (χ4n) is 3.06. The van der Waals surface area contributed by atoms with Crippen LogP contribution in [0, 0.1) is 0 Å². The van der Waals surface area contributed by atoms with Gasteiger partial charge in [0, 0.05) is 25.0 Å². The van der Waals surface area contributed by atoms with Crippen LogP contribution in [0.25, 0.3) is 5.65 Å². The molecule has 2 aromatic heterocycles. The lowest BCUT2D eigenvalue weighted by Gasteiger charge is -2.23. The zero-order valence-electron chi connectivity index (χ0n) is 11.3. The van der Waals surface area contributed by atoms with Crippen LogP contribution in [0.1, 0.15) is 31.4 Å². The smallest absolute Gasteiger partial charge is 0.137 e. The number of fused-ring (bicyclic) bond motifs is 1. The molecule has 0 radical (unpaired) electrons. The number of pyridine rings is 1. The Bertz CT molecular complexity index is 501. The summed E-state index contributed by atoms with van der Waals surface area (Å²) in [7, 11) is 0. The first kappa shape index (κ1) is 12.6. The molecule has 1 fully saturated rings. The SMILES string of the molecule is NCCCC1CCCN1Cc1cn2ccccc2n1. The van der Waals surface area contributed by atoms with Gasteiger partial charge >= 0.3 is 0 Å². The van der Waals surface area contributed by atoms with Crippen LogP contribution in [0.15, 0.2) is 30.6 Å². The van der Waals surface area contributed by atoms with E-state index in [4.69, 9.17) is 5.73 Å². The second-order valence-corrected chi connectivity index (χ2v) is 5.40. The molecule has 4 heteroatoms. The summed E-state index contributed by atoms with van der Waals surface area (Å²) in [5.74, 6) is 0. The van der Waals surface area contributed by atoms with Gasteiger partial charge in [0.15, 0.2) is 0 Å². The van der Waals surface area contributed by atoms with Crippen molar-refractivity contribution in [3.05, 3.63) is 36.3 Å². The van der Waals surface area contributed by atoms with Crippen LogP contribution >= 0.6 is 0 Å². The van der Waals surface area contributed by atoms with Gasteiger partial charge < -0.3 is 10.1 Å². The van der Waals surface area contributed by atoms with Gasteiger partial charge in [-0.2, -0.15) is 0 Å². The quantitative estimate of drug-likeness (QED) is 0.892. The largest absolute Gasteiger partial charge is 0.330 e. The van der Waals surface area contributed by atoms with E-state index in [2.05, 4.69) is 32.7 Å². The number of hydrogen-bond acceptors (Lipinski definition) is 3. The molecule has 0 bridgehead atoms. The van der Waals surface area contributed by atoms with Crippen molar-refractivity contribution in [2.75, 3.05) is 13.1 Å². The number of imidazole rings is 1. The summed E-state index contributed by atoms with van der Waals surface area (Å²) in [4.78, 5) is 7.25. The Hall–Kier alpha value is -1.39. The third kappa shape index (κ3) is 2.80. The van der Waals surface area contributed by atoms with Crippen molar-refractivity contribution in [1.29, 1.82) is 0 Å². The van der Waals surface area contributed by atoms with Crippen molar-refractivity contribution in [3.63, 3.8) is 0 Å². The normalized spacial score (nSPS) is 20.4. The summed E-state index contributed by atoms with van der Waals surface area (Å²) < 4.78 is 2.10. The molecule has 102 valence electrons. The Labute approximate surface area is 114 Å². The highest BCUT2D eigenvalue weighted by Crippen LogP contribution is 2.23. The maximum Gasteiger partial charge on any atom is 0.137 e. The van der Waals surface area contributed by atoms with Crippen LogP contribution in [0.3, 0.4) is 0 Å². The van der Waals surface area contributed by atoms with E-state index < -0.39 is 0 Å². The molecule has 1 unspecified atom stereocenters. The van der Waals surface area contributed by atoms with Crippen molar-refractivity contribution in [2.24, 2.45) is 5.73 Å². The maximum absolute atomic E-state index is 5.62. The Balaban J connectivity index is 1.69. The second-order valence-electron chi connectivity index (χ2n) is 5.40. The minimum absolute atomic E-state index is 0.702. The summed E-state index contributed by atoms with van der Waals surface area (Å²) >= 11 is 0. The molecule has 1 atom stereocenters. The number of hydrogen-bond donors (Lipinski definition) is 1. The number of nitrogens with two attached hydrogens (primary N) is 1. The molecule has 0 aliphatic carbocycles. The van der Waals surface area contributed by atoms with E-state index in [0.29, 0.717) is 6.04 Å². The van der Waals surface area contributed by atoms with Gasteiger partial charge in [-0.3, -0.25) is 4.90 Å². The van der Waals surface area contributed by atoms with Crippen LogP contribution < -0.4 is 5.73 Å². The lowest BCUT2D eigenvalue weighted by atomic mass is 10.1. The zero-order valence-corrected chi connectivity index (χ0v) is 11.3. The number of aromatic nitrogens is 2. The summed E-state index contributed by atoms with van der Waals surface area (Å²) in [6, 6.07) is 6.83. The van der Waals surface area contributed by atoms with Gasteiger partial charge in [-0.15, -0.1) is 0 Å². The van der Waals surface area contributed by atoms with Gasteiger partial charge in [-0.25, -0.2) is 4.98 Å². The molecule has 1 aliphatic rings. The molecular formula is C15H22N4. The molecule has 19 heavy (non-hydrogen) atoms. The molecule has 1 aliphatic heterocycles. The molecule has 0 amide bonds. The number of nitrogens with zero attached hydrogens (tertiary/aromatic N) is 3. The first-order valence-electron chi connectivity index (χ1n) is 7.23. The van der Waals surface area contributed by atoms with Crippen LogP contribution in [-0.2, 0) is 6.54 Å². The van der Waals surface area contributed by atoms with E-state index >= 15 is 0 Å². The fourth-order valence-corrected chi connectivity index (χ4v) is 3.06. The van der Waals surface area contributed by atoms with Gasteiger partial charge in [-0.1, -0.05) is 6.07 Å². The summed E-state index contributed by atoms with van der Waals surface area (Å²) in [6.07, 6.45) is 9.18. The highest BCUT2D eigenvalue weighted by molar-refractivity contribution is 5.39. The Morgan fingerprint density at radius 1 is 1.37 bits per heavy atom. The molecule has 2 aromatic rings. The van der Waals surface area contributed by atoms with E-state index in [0.717, 1.165) is 25.2 Å². The van der Waals surface area contributed by atoms with Crippen LogP contribution in [-0.4, -0.2) is 33.4 Å². The van der Waals surface area contributed by atoms with Gasteiger partial charge in [0.05, 0.1) is 5.69 Å². The van der Waals surface area contributed by atoms with Gasteiger partial charge in [0.25, 0.3) is 0 Å². The third-order valence-electron chi connectivity index (χ3n) is 4.02. The highest BCUT2D eigenvalue weighted by Gasteiger charge is 2.24. The Kier molecular flexibility index (Phi) is 3.80. The fraction of sp³-hybridized carbons (Fsp3) is 0.533. The molecule has 4 nitrogen and oxygen atoms in total. The summed E-state index contributed by atoms with van der Waals surface area (Å²) in [5.41, 5.74) is 7.83. The molecule has 0 spiro atoms. The van der Waals surface area contributed by atoms with Crippen molar-refractivity contribution in [1.82, 2.24) is 14.3 Å². The van der Waals surface area contributed by atoms with Gasteiger partial charge in [-0.05, 0) is 50.9 Å². The molecule has 3 rings (SSSR count). The minimum Gasteiger partial charge on any atom is -0.330 e. The third-order valence-corrected chi connectivity index (χ3v) is 4.02. The molecule has 0 aromatic carbocycles. The molecule has 1 saturated heterocycles. The van der Waals surface area contributed by atoms with Crippen LogP contribution in [0.5, 0.6) is 0 Å². The van der Waals surface area contributed by atoms with Crippen molar-refractivity contribution < 1.29 is 0 Å². The van der Waals surface area contributed by atoms with Gasteiger partial charge in [0.2, 0.25) is 0 Å². The second kappa shape index (κ2) is 5.72. The summed E-state index contributed by atoms with van der Waals surface area (Å²) in [6.45, 7) is 2.97. The highest BCUT2D eigenvalue weighted by atomic mass is 15.2. The first-order valence-corrected chi connectivity index (χ1v) is 7.23. The standard InChI is InChI=1S/C15H22N4/c16-8-3-5-14-6-4-10-18(14)11-13-12-19-9-2-1-7-15(19)17-13/h1-2,7,9,12,14H,3-6,8,10-11,16H2. The van der Waals surface area contributed by atoms with Crippen molar-refractivity contribution >= 4 is 5.65 Å². The monoisotopic (exact) mass is 258 g/mol. The Morgan fingerprint density at radius 2 is 2.32 bits per heavy atom. The zero-order chi connectivity index (χ0) is 13.1. The summed E-state index contributed by atoms with van der Waals surface area (Å²) in [5, 5.41) is 0. The van der Waals surface area contributed by atoms with E-state index in [1.54, 1.807) is 0 Å². The number of rotatable bonds is 5. The average Bonchev–Trinajstić information content (AvgIpc) is 3.02. The first-order chi connectivity index (χ1) is 9.36. The van der Waals surface area contributed by atoms with E-state index in [1.807, 2.05) is 12.1 Å². The lowest BCUT2D eigenvalue weighted by Crippen LogP contribution is -2.29. The van der Waals surface area contributed by atoms with Crippen molar-refractivity contribution in [2.45, 2.75) is 38.3 Å². The molecular weight excluding hydrogens is 236 g/mol. The minimum atomic E-state index is 0.702. The van der Waals surface area contributed by atoms with E-state index in [1.165, 1.54) is 31.5 Å². The topological polar surface area (TPSA) is 46.6 Å². The van der Waals surface area contributed by atoms with Crippen LogP contribution in [0.4, 0.5) is 0 Å². The van der Waals surface area contributed by atoms with Gasteiger partial charge in [0.1, 0.15) is 5.65 Å². The number of likely N-dealkylation sites (tertiary alicyclic amines) is 1.